The molecule has 1 aromatic rings. The summed E-state index contributed by atoms with van der Waals surface area (Å²) in [5.74, 6) is 1.00. The Morgan fingerprint density at radius 3 is 2.80 bits per heavy atom. The molecule has 0 radical (unpaired) electrons. The van der Waals surface area contributed by atoms with Gasteiger partial charge in [-0.2, -0.15) is 0 Å². The van der Waals surface area contributed by atoms with Gasteiger partial charge in [-0.25, -0.2) is 0 Å². The Hall–Kier alpha value is -2.28. The Kier molecular flexibility index (Phi) is 5.75. The van der Waals surface area contributed by atoms with Crippen LogP contribution in [0.1, 0.15) is 12.8 Å². The minimum Gasteiger partial charge on any atom is -0.497 e. The minimum absolute atomic E-state index is 0.00939. The fourth-order valence-electron chi connectivity index (χ4n) is 3.33. The lowest BCUT2D eigenvalue weighted by Gasteiger charge is -2.34. The third-order valence-corrected chi connectivity index (χ3v) is 4.78. The number of anilines is 1. The van der Waals surface area contributed by atoms with E-state index in [9.17, 15) is 9.59 Å². The van der Waals surface area contributed by atoms with Crippen molar-refractivity contribution in [3.8, 4) is 5.75 Å². The standard InChI is InChI=1S/C18H26N4O3/c1-25-15-6-4-14(5-7-15)22-12-8-19-16(13-22)18(24)20-9-11-21-10-2-3-17(21)23/h4-7,16,19H,2-3,8-13H2,1H3,(H,20,24)/t16-/m0/s1. The first-order chi connectivity index (χ1) is 12.2. The number of hydrogen-bond acceptors (Lipinski definition) is 5. The van der Waals surface area contributed by atoms with E-state index in [-0.39, 0.29) is 17.9 Å². The van der Waals surface area contributed by atoms with Crippen molar-refractivity contribution < 1.29 is 14.3 Å². The molecule has 2 heterocycles. The molecule has 0 aromatic heterocycles. The molecular formula is C18H26N4O3. The SMILES string of the molecule is COc1ccc(N2CCN[C@H](C(=O)NCCN3CCCC3=O)C2)cc1. The monoisotopic (exact) mass is 346 g/mol. The predicted molar refractivity (Wildman–Crippen MR) is 95.8 cm³/mol. The van der Waals surface area contributed by atoms with Gasteiger partial charge in [0, 0.05) is 51.4 Å². The zero-order valence-electron chi connectivity index (χ0n) is 14.7. The molecule has 2 fully saturated rings. The number of carbonyl (C=O) groups is 2. The summed E-state index contributed by atoms with van der Waals surface area (Å²) in [6, 6.07) is 7.64. The fourth-order valence-corrected chi connectivity index (χ4v) is 3.33. The maximum Gasteiger partial charge on any atom is 0.239 e. The largest absolute Gasteiger partial charge is 0.497 e. The van der Waals surface area contributed by atoms with Gasteiger partial charge in [0.15, 0.2) is 0 Å². The highest BCUT2D eigenvalue weighted by Crippen LogP contribution is 2.20. The molecule has 25 heavy (non-hydrogen) atoms. The van der Waals surface area contributed by atoms with Crippen LogP contribution in [0.3, 0.4) is 0 Å². The van der Waals surface area contributed by atoms with Crippen molar-refractivity contribution in [2.45, 2.75) is 18.9 Å². The fraction of sp³-hybridized carbons (Fsp3) is 0.556. The number of carbonyl (C=O) groups excluding carboxylic acids is 2. The second-order valence-corrected chi connectivity index (χ2v) is 6.43. The molecule has 7 nitrogen and oxygen atoms in total. The Morgan fingerprint density at radius 2 is 2.12 bits per heavy atom. The van der Waals surface area contributed by atoms with Gasteiger partial charge in [-0.05, 0) is 30.7 Å². The summed E-state index contributed by atoms with van der Waals surface area (Å²) in [5.41, 5.74) is 1.09. The lowest BCUT2D eigenvalue weighted by Crippen LogP contribution is -2.57. The summed E-state index contributed by atoms with van der Waals surface area (Å²) in [7, 11) is 1.65. The van der Waals surface area contributed by atoms with Gasteiger partial charge in [0.1, 0.15) is 11.8 Å². The summed E-state index contributed by atoms with van der Waals surface area (Å²) < 4.78 is 5.19. The first-order valence-electron chi connectivity index (χ1n) is 8.85. The van der Waals surface area contributed by atoms with Crippen LogP contribution in [0.5, 0.6) is 5.75 Å². The van der Waals surface area contributed by atoms with Crippen molar-refractivity contribution in [2.24, 2.45) is 0 Å². The molecule has 0 saturated carbocycles. The number of nitrogens with zero attached hydrogens (tertiary/aromatic N) is 2. The lowest BCUT2D eigenvalue weighted by atomic mass is 10.1. The van der Waals surface area contributed by atoms with Crippen molar-refractivity contribution in [1.29, 1.82) is 0 Å². The summed E-state index contributed by atoms with van der Waals surface area (Å²) in [5, 5.41) is 6.22. The molecule has 136 valence electrons. The van der Waals surface area contributed by atoms with E-state index >= 15 is 0 Å². The first kappa shape index (κ1) is 17.5. The number of methoxy groups -OCH3 is 1. The number of benzene rings is 1. The summed E-state index contributed by atoms with van der Waals surface area (Å²) in [6.45, 7) is 4.15. The van der Waals surface area contributed by atoms with Gasteiger partial charge in [-0.3, -0.25) is 9.59 Å². The molecule has 2 N–H and O–H groups in total. The summed E-state index contributed by atoms with van der Waals surface area (Å²) >= 11 is 0. The Morgan fingerprint density at radius 1 is 1.32 bits per heavy atom. The number of piperazine rings is 1. The van der Waals surface area contributed by atoms with Crippen molar-refractivity contribution in [3.05, 3.63) is 24.3 Å². The predicted octanol–water partition coefficient (Wildman–Crippen LogP) is 0.212. The third kappa shape index (κ3) is 4.42. The van der Waals surface area contributed by atoms with E-state index in [0.29, 0.717) is 26.1 Å². The molecule has 0 aliphatic carbocycles. The van der Waals surface area contributed by atoms with Crippen LogP contribution in [-0.4, -0.2) is 69.1 Å². The highest BCUT2D eigenvalue weighted by molar-refractivity contribution is 5.83. The topological polar surface area (TPSA) is 73.9 Å². The van der Waals surface area contributed by atoms with Gasteiger partial charge >= 0.3 is 0 Å². The third-order valence-electron chi connectivity index (χ3n) is 4.78. The second-order valence-electron chi connectivity index (χ2n) is 6.43. The van der Waals surface area contributed by atoms with Crippen molar-refractivity contribution in [3.63, 3.8) is 0 Å². The maximum atomic E-state index is 12.4. The number of nitrogens with one attached hydrogen (secondary N) is 2. The van der Waals surface area contributed by atoms with Gasteiger partial charge in [-0.15, -0.1) is 0 Å². The van der Waals surface area contributed by atoms with Gasteiger partial charge in [0.25, 0.3) is 0 Å². The summed E-state index contributed by atoms with van der Waals surface area (Å²) in [6.07, 6.45) is 1.56. The van der Waals surface area contributed by atoms with Gasteiger partial charge in [0.05, 0.1) is 7.11 Å². The second kappa shape index (κ2) is 8.20. The molecule has 2 aliphatic rings. The molecular weight excluding hydrogens is 320 g/mol. The average molecular weight is 346 g/mol. The normalized spacial score (nSPS) is 20.7. The van der Waals surface area contributed by atoms with E-state index in [1.165, 1.54) is 0 Å². The zero-order chi connectivity index (χ0) is 17.6. The van der Waals surface area contributed by atoms with Crippen molar-refractivity contribution in [1.82, 2.24) is 15.5 Å². The number of hydrogen-bond donors (Lipinski definition) is 2. The number of likely N-dealkylation sites (tertiary alicyclic amines) is 1. The van der Waals surface area contributed by atoms with E-state index in [2.05, 4.69) is 15.5 Å². The summed E-state index contributed by atoms with van der Waals surface area (Å²) in [4.78, 5) is 28.0. The van der Waals surface area contributed by atoms with Crippen molar-refractivity contribution in [2.75, 3.05) is 51.3 Å². The molecule has 2 saturated heterocycles. The quantitative estimate of drug-likeness (QED) is 0.770. The molecule has 2 amide bonds. The highest BCUT2D eigenvalue weighted by atomic mass is 16.5. The molecule has 7 heteroatoms. The van der Waals surface area contributed by atoms with E-state index in [0.717, 1.165) is 37.5 Å². The van der Waals surface area contributed by atoms with Gasteiger partial charge in [0.2, 0.25) is 11.8 Å². The van der Waals surface area contributed by atoms with Crippen LogP contribution in [-0.2, 0) is 9.59 Å². The van der Waals surface area contributed by atoms with Crippen LogP contribution < -0.4 is 20.3 Å². The van der Waals surface area contributed by atoms with Gasteiger partial charge < -0.3 is 25.2 Å². The van der Waals surface area contributed by atoms with E-state index in [1.807, 2.05) is 29.2 Å². The molecule has 3 rings (SSSR count). The number of rotatable bonds is 6. The first-order valence-corrected chi connectivity index (χ1v) is 8.85. The smallest absolute Gasteiger partial charge is 0.239 e. The molecule has 1 atom stereocenters. The average Bonchev–Trinajstić information content (AvgIpc) is 3.07. The molecule has 1 aromatic carbocycles. The Balaban J connectivity index is 1.48. The minimum atomic E-state index is -0.245. The molecule has 0 unspecified atom stereocenters. The van der Waals surface area contributed by atoms with Crippen LogP contribution in [0.25, 0.3) is 0 Å². The number of amides is 2. The molecule has 2 aliphatic heterocycles. The van der Waals surface area contributed by atoms with Crippen LogP contribution in [0.2, 0.25) is 0 Å². The van der Waals surface area contributed by atoms with E-state index in [1.54, 1.807) is 7.11 Å². The van der Waals surface area contributed by atoms with Crippen LogP contribution in [0, 0.1) is 0 Å². The lowest BCUT2D eigenvalue weighted by molar-refractivity contribution is -0.128. The maximum absolute atomic E-state index is 12.4. The van der Waals surface area contributed by atoms with Crippen LogP contribution in [0.4, 0.5) is 5.69 Å². The van der Waals surface area contributed by atoms with E-state index < -0.39 is 0 Å². The van der Waals surface area contributed by atoms with Crippen LogP contribution >= 0.6 is 0 Å². The molecule has 0 bridgehead atoms. The Labute approximate surface area is 148 Å². The molecule has 0 spiro atoms. The van der Waals surface area contributed by atoms with Crippen molar-refractivity contribution >= 4 is 17.5 Å². The van der Waals surface area contributed by atoms with E-state index in [4.69, 9.17) is 4.74 Å². The van der Waals surface area contributed by atoms with Gasteiger partial charge in [-0.1, -0.05) is 0 Å². The number of ether oxygens (including phenoxy) is 1. The highest BCUT2D eigenvalue weighted by Gasteiger charge is 2.26. The zero-order valence-corrected chi connectivity index (χ0v) is 14.7. The van der Waals surface area contributed by atoms with Crippen LogP contribution in [0.15, 0.2) is 24.3 Å². The Bertz CT molecular complexity index is 605.